The number of nitrogens with one attached hydrogen (secondary N) is 1. The molecular formula is C15H19N5O2S. The molecule has 1 atom stereocenters. The largest absolute Gasteiger partial charge is 0.376 e. The lowest BCUT2D eigenvalue weighted by Crippen LogP contribution is -2.18. The molecule has 0 saturated carbocycles. The first kappa shape index (κ1) is 15.9. The summed E-state index contributed by atoms with van der Waals surface area (Å²) in [6.07, 6.45) is 2.27. The number of aryl methyl sites for hydroxylation is 1. The minimum atomic E-state index is -0.0782. The summed E-state index contributed by atoms with van der Waals surface area (Å²) < 4.78 is 7.30. The molecule has 1 aliphatic heterocycles. The van der Waals surface area contributed by atoms with Gasteiger partial charge in [0.05, 0.1) is 18.4 Å². The van der Waals surface area contributed by atoms with E-state index >= 15 is 0 Å². The van der Waals surface area contributed by atoms with Crippen molar-refractivity contribution in [1.29, 1.82) is 0 Å². The van der Waals surface area contributed by atoms with Gasteiger partial charge in [0.25, 0.3) is 0 Å². The molecule has 1 aliphatic rings. The quantitative estimate of drug-likeness (QED) is 0.813. The van der Waals surface area contributed by atoms with Crippen LogP contribution >= 0.6 is 11.8 Å². The summed E-state index contributed by atoms with van der Waals surface area (Å²) in [5.74, 6) is 0.185. The molecule has 2 aromatic rings. The van der Waals surface area contributed by atoms with Gasteiger partial charge in [0.1, 0.15) is 0 Å². The molecule has 0 spiro atoms. The molecule has 1 amide bonds. The SMILES string of the molecule is Cc1ccc(NC(=O)CSc2nnnn2CC2CCCO2)cc1. The standard InChI is InChI=1S/C15H19N5O2S/c1-11-4-6-12(7-5-11)16-14(21)10-23-15-17-18-19-20(15)9-13-3-2-8-22-13/h4-7,13H,2-3,8-10H2,1H3,(H,16,21). The molecular weight excluding hydrogens is 314 g/mol. The maximum atomic E-state index is 12.0. The van der Waals surface area contributed by atoms with Gasteiger partial charge in [-0.3, -0.25) is 4.79 Å². The normalized spacial score (nSPS) is 17.3. The molecule has 7 nitrogen and oxygen atoms in total. The van der Waals surface area contributed by atoms with E-state index in [0.717, 1.165) is 30.7 Å². The minimum Gasteiger partial charge on any atom is -0.376 e. The average molecular weight is 333 g/mol. The minimum absolute atomic E-state index is 0.0782. The number of amides is 1. The fraction of sp³-hybridized carbons (Fsp3) is 0.467. The van der Waals surface area contributed by atoms with Gasteiger partial charge in [-0.15, -0.1) is 5.10 Å². The van der Waals surface area contributed by atoms with Crippen molar-refractivity contribution in [3.63, 3.8) is 0 Å². The van der Waals surface area contributed by atoms with Crippen LogP contribution in [-0.4, -0.2) is 44.6 Å². The van der Waals surface area contributed by atoms with E-state index in [1.165, 1.54) is 11.8 Å². The van der Waals surface area contributed by atoms with E-state index in [2.05, 4.69) is 20.8 Å². The number of nitrogens with zero attached hydrogens (tertiary/aromatic N) is 4. The molecule has 0 aliphatic carbocycles. The fourth-order valence-electron chi connectivity index (χ4n) is 2.36. The molecule has 1 saturated heterocycles. The summed E-state index contributed by atoms with van der Waals surface area (Å²) in [6, 6.07) is 7.70. The van der Waals surface area contributed by atoms with Gasteiger partial charge in [0.15, 0.2) is 0 Å². The Morgan fingerprint density at radius 3 is 3.00 bits per heavy atom. The highest BCUT2D eigenvalue weighted by atomic mass is 32.2. The topological polar surface area (TPSA) is 81.9 Å². The number of hydrogen-bond acceptors (Lipinski definition) is 6. The zero-order valence-electron chi connectivity index (χ0n) is 12.9. The van der Waals surface area contributed by atoms with E-state index in [1.54, 1.807) is 4.68 Å². The summed E-state index contributed by atoms with van der Waals surface area (Å²) in [4.78, 5) is 12.0. The van der Waals surface area contributed by atoms with Crippen LogP contribution in [0.25, 0.3) is 0 Å². The number of ether oxygens (including phenoxy) is 1. The Hall–Kier alpha value is -1.93. The van der Waals surface area contributed by atoms with Crippen molar-refractivity contribution in [2.24, 2.45) is 0 Å². The number of aromatic nitrogens is 4. The first-order valence-corrected chi connectivity index (χ1v) is 8.56. The lowest BCUT2D eigenvalue weighted by molar-refractivity contribution is -0.113. The molecule has 23 heavy (non-hydrogen) atoms. The molecule has 1 N–H and O–H groups in total. The Morgan fingerprint density at radius 1 is 1.43 bits per heavy atom. The fourth-order valence-corrected chi connectivity index (χ4v) is 3.05. The third-order valence-electron chi connectivity index (χ3n) is 3.57. The molecule has 8 heteroatoms. The number of carbonyl (C=O) groups is 1. The Bertz CT molecular complexity index is 652. The number of tetrazole rings is 1. The predicted octanol–water partition coefficient (Wildman–Crippen LogP) is 1.89. The van der Waals surface area contributed by atoms with E-state index in [1.807, 2.05) is 31.2 Å². The van der Waals surface area contributed by atoms with Crippen molar-refractivity contribution in [3.05, 3.63) is 29.8 Å². The van der Waals surface area contributed by atoms with E-state index in [9.17, 15) is 4.79 Å². The maximum Gasteiger partial charge on any atom is 0.234 e. The predicted molar refractivity (Wildman–Crippen MR) is 87.3 cm³/mol. The summed E-state index contributed by atoms with van der Waals surface area (Å²) in [7, 11) is 0. The molecule has 122 valence electrons. The maximum absolute atomic E-state index is 12.0. The zero-order valence-corrected chi connectivity index (χ0v) is 13.8. The third kappa shape index (κ3) is 4.52. The molecule has 1 aromatic carbocycles. The monoisotopic (exact) mass is 333 g/mol. The summed E-state index contributed by atoms with van der Waals surface area (Å²) >= 11 is 1.33. The van der Waals surface area contributed by atoms with Crippen molar-refractivity contribution in [2.45, 2.75) is 37.6 Å². The van der Waals surface area contributed by atoms with Crippen molar-refractivity contribution < 1.29 is 9.53 Å². The highest BCUT2D eigenvalue weighted by Crippen LogP contribution is 2.18. The highest BCUT2D eigenvalue weighted by molar-refractivity contribution is 7.99. The van der Waals surface area contributed by atoms with Gasteiger partial charge in [0, 0.05) is 12.3 Å². The number of hydrogen-bond donors (Lipinski definition) is 1. The van der Waals surface area contributed by atoms with Crippen molar-refractivity contribution in [1.82, 2.24) is 20.2 Å². The number of anilines is 1. The van der Waals surface area contributed by atoms with E-state index in [4.69, 9.17) is 4.74 Å². The van der Waals surface area contributed by atoms with Crippen molar-refractivity contribution >= 4 is 23.4 Å². The van der Waals surface area contributed by atoms with E-state index < -0.39 is 0 Å². The average Bonchev–Trinajstić information content (AvgIpc) is 3.20. The van der Waals surface area contributed by atoms with Crippen LogP contribution in [0.15, 0.2) is 29.4 Å². The molecule has 0 bridgehead atoms. The zero-order chi connectivity index (χ0) is 16.1. The first-order valence-electron chi connectivity index (χ1n) is 7.58. The van der Waals surface area contributed by atoms with Crippen LogP contribution in [-0.2, 0) is 16.1 Å². The summed E-state index contributed by atoms with van der Waals surface area (Å²) in [5, 5.41) is 15.1. The van der Waals surface area contributed by atoms with Crippen LogP contribution < -0.4 is 5.32 Å². The van der Waals surface area contributed by atoms with Gasteiger partial charge in [-0.2, -0.15) is 0 Å². The van der Waals surface area contributed by atoms with Crippen LogP contribution in [0.2, 0.25) is 0 Å². The van der Waals surface area contributed by atoms with Gasteiger partial charge < -0.3 is 10.1 Å². The molecule has 1 unspecified atom stereocenters. The summed E-state index contributed by atoms with van der Waals surface area (Å²) in [6.45, 7) is 3.44. The highest BCUT2D eigenvalue weighted by Gasteiger charge is 2.19. The van der Waals surface area contributed by atoms with Crippen LogP contribution in [0.3, 0.4) is 0 Å². The van der Waals surface area contributed by atoms with E-state index in [-0.39, 0.29) is 17.8 Å². The number of benzene rings is 1. The Balaban J connectivity index is 1.50. The van der Waals surface area contributed by atoms with Gasteiger partial charge in [-0.05, 0) is 42.3 Å². The van der Waals surface area contributed by atoms with Crippen LogP contribution in [0.1, 0.15) is 18.4 Å². The molecule has 1 aromatic heterocycles. The van der Waals surface area contributed by atoms with Crippen LogP contribution in [0.4, 0.5) is 5.69 Å². The lowest BCUT2D eigenvalue weighted by atomic mass is 10.2. The van der Waals surface area contributed by atoms with Gasteiger partial charge in [-0.25, -0.2) is 4.68 Å². The second-order valence-corrected chi connectivity index (χ2v) is 6.42. The lowest BCUT2D eigenvalue weighted by Gasteiger charge is -2.10. The Labute approximate surface area is 138 Å². The second-order valence-electron chi connectivity index (χ2n) is 5.48. The second kappa shape index (κ2) is 7.56. The molecule has 2 heterocycles. The smallest absolute Gasteiger partial charge is 0.234 e. The van der Waals surface area contributed by atoms with Crippen molar-refractivity contribution in [2.75, 3.05) is 17.7 Å². The van der Waals surface area contributed by atoms with E-state index in [0.29, 0.717) is 11.7 Å². The molecule has 1 fully saturated rings. The molecule has 0 radical (unpaired) electrons. The molecule has 3 rings (SSSR count). The van der Waals surface area contributed by atoms with Gasteiger partial charge in [-0.1, -0.05) is 29.5 Å². The number of thioether (sulfide) groups is 1. The third-order valence-corrected chi connectivity index (χ3v) is 4.52. The summed E-state index contributed by atoms with van der Waals surface area (Å²) in [5.41, 5.74) is 1.95. The Kier molecular flexibility index (Phi) is 5.24. The first-order chi connectivity index (χ1) is 11.2. The van der Waals surface area contributed by atoms with Crippen molar-refractivity contribution in [3.8, 4) is 0 Å². The van der Waals surface area contributed by atoms with Crippen LogP contribution in [0, 0.1) is 6.92 Å². The number of carbonyl (C=O) groups excluding carboxylic acids is 1. The van der Waals surface area contributed by atoms with Gasteiger partial charge in [0.2, 0.25) is 11.1 Å². The number of rotatable bonds is 6. The van der Waals surface area contributed by atoms with Crippen LogP contribution in [0.5, 0.6) is 0 Å². The Morgan fingerprint density at radius 2 is 2.26 bits per heavy atom. The van der Waals surface area contributed by atoms with Gasteiger partial charge >= 0.3 is 0 Å².